The Morgan fingerprint density at radius 2 is 2.19 bits per heavy atom. The molecule has 0 fully saturated rings. The number of H-pyrrole nitrogens is 1. The van der Waals surface area contributed by atoms with Gasteiger partial charge < -0.3 is 10.7 Å². The molecule has 2 aromatic rings. The molecule has 0 bridgehead atoms. The smallest absolute Gasteiger partial charge is 0.0490 e. The van der Waals surface area contributed by atoms with Crippen LogP contribution in [0.5, 0.6) is 0 Å². The molecular formula is C13H17ClN2. The standard InChI is InChI=1S/C13H17ClN2/c1-9-11-5-7-16-13(11)10(8-12(9)14)4-2-3-6-15/h5,7-8,16H,2-4,6,15H2,1H3. The quantitative estimate of drug-likeness (QED) is 0.785. The molecule has 3 N–H and O–H groups in total. The van der Waals surface area contributed by atoms with Crippen LogP contribution >= 0.6 is 11.6 Å². The molecule has 0 aliphatic rings. The molecule has 0 unspecified atom stereocenters. The predicted octanol–water partition coefficient (Wildman–Crippen LogP) is 3.41. The van der Waals surface area contributed by atoms with Crippen LogP contribution < -0.4 is 5.73 Å². The number of unbranched alkanes of at least 4 members (excludes halogenated alkanes) is 1. The number of nitrogens with two attached hydrogens (primary N) is 1. The maximum Gasteiger partial charge on any atom is 0.0490 e. The fourth-order valence-electron chi connectivity index (χ4n) is 2.07. The molecule has 0 amide bonds. The maximum absolute atomic E-state index is 6.22. The number of aryl methyl sites for hydroxylation is 2. The summed E-state index contributed by atoms with van der Waals surface area (Å²) in [5.74, 6) is 0. The largest absolute Gasteiger partial charge is 0.361 e. The number of nitrogens with one attached hydrogen (secondary N) is 1. The van der Waals surface area contributed by atoms with Crippen molar-refractivity contribution in [2.45, 2.75) is 26.2 Å². The van der Waals surface area contributed by atoms with Gasteiger partial charge in [0, 0.05) is 22.1 Å². The van der Waals surface area contributed by atoms with Crippen LogP contribution in [0.2, 0.25) is 5.02 Å². The first-order valence-corrected chi connectivity index (χ1v) is 6.07. The molecule has 0 aliphatic heterocycles. The molecule has 1 heterocycles. The van der Waals surface area contributed by atoms with Crippen LogP contribution in [0.3, 0.4) is 0 Å². The predicted molar refractivity (Wildman–Crippen MR) is 70.0 cm³/mol. The van der Waals surface area contributed by atoms with E-state index in [9.17, 15) is 0 Å². The van der Waals surface area contributed by atoms with E-state index in [1.54, 1.807) is 0 Å². The third kappa shape index (κ3) is 2.08. The third-order valence-corrected chi connectivity index (χ3v) is 3.42. The van der Waals surface area contributed by atoms with Crippen LogP contribution in [-0.4, -0.2) is 11.5 Å². The highest BCUT2D eigenvalue weighted by molar-refractivity contribution is 6.32. The van der Waals surface area contributed by atoms with E-state index < -0.39 is 0 Å². The zero-order chi connectivity index (χ0) is 11.5. The molecule has 0 aliphatic carbocycles. The van der Waals surface area contributed by atoms with E-state index in [-0.39, 0.29) is 0 Å². The fourth-order valence-corrected chi connectivity index (χ4v) is 2.30. The Hall–Kier alpha value is -0.990. The van der Waals surface area contributed by atoms with Crippen molar-refractivity contribution < 1.29 is 0 Å². The van der Waals surface area contributed by atoms with E-state index in [0.717, 1.165) is 36.4 Å². The molecule has 1 aromatic carbocycles. The Labute approximate surface area is 101 Å². The lowest BCUT2D eigenvalue weighted by Gasteiger charge is -2.07. The van der Waals surface area contributed by atoms with E-state index in [1.807, 2.05) is 6.20 Å². The van der Waals surface area contributed by atoms with Crippen molar-refractivity contribution in [2.24, 2.45) is 5.73 Å². The summed E-state index contributed by atoms with van der Waals surface area (Å²) in [5, 5.41) is 2.09. The molecule has 0 saturated carbocycles. The van der Waals surface area contributed by atoms with Gasteiger partial charge in [0.25, 0.3) is 0 Å². The molecule has 0 spiro atoms. The zero-order valence-electron chi connectivity index (χ0n) is 9.52. The fraction of sp³-hybridized carbons (Fsp3) is 0.385. The minimum absolute atomic E-state index is 0.757. The minimum Gasteiger partial charge on any atom is -0.361 e. The molecule has 1 aromatic heterocycles. The summed E-state index contributed by atoms with van der Waals surface area (Å²) in [4.78, 5) is 3.29. The van der Waals surface area contributed by atoms with Crippen molar-refractivity contribution >= 4 is 22.5 Å². The summed E-state index contributed by atoms with van der Waals surface area (Å²) < 4.78 is 0. The number of hydrogen-bond donors (Lipinski definition) is 2. The number of benzene rings is 1. The third-order valence-electron chi connectivity index (χ3n) is 3.03. The molecule has 2 nitrogen and oxygen atoms in total. The maximum atomic E-state index is 6.22. The van der Waals surface area contributed by atoms with Crippen molar-refractivity contribution in [3.63, 3.8) is 0 Å². The van der Waals surface area contributed by atoms with E-state index >= 15 is 0 Å². The van der Waals surface area contributed by atoms with Crippen LogP contribution in [0.1, 0.15) is 24.0 Å². The minimum atomic E-state index is 0.757. The van der Waals surface area contributed by atoms with Crippen LogP contribution in [0.4, 0.5) is 0 Å². The molecular weight excluding hydrogens is 220 g/mol. The van der Waals surface area contributed by atoms with Gasteiger partial charge in [0.1, 0.15) is 0 Å². The number of halogens is 1. The SMILES string of the molecule is Cc1c(Cl)cc(CCCCN)c2[nH]ccc12. The lowest BCUT2D eigenvalue weighted by atomic mass is 10.0. The molecule has 0 saturated heterocycles. The van der Waals surface area contributed by atoms with Gasteiger partial charge in [-0.25, -0.2) is 0 Å². The Balaban J connectivity index is 2.37. The Bertz CT molecular complexity index is 488. The average Bonchev–Trinajstić information content (AvgIpc) is 2.74. The topological polar surface area (TPSA) is 41.8 Å². The van der Waals surface area contributed by atoms with Crippen molar-refractivity contribution in [3.8, 4) is 0 Å². The zero-order valence-corrected chi connectivity index (χ0v) is 10.3. The van der Waals surface area contributed by atoms with E-state index in [4.69, 9.17) is 17.3 Å². The molecule has 3 heteroatoms. The van der Waals surface area contributed by atoms with Gasteiger partial charge in [-0.15, -0.1) is 0 Å². The van der Waals surface area contributed by atoms with Gasteiger partial charge in [0.15, 0.2) is 0 Å². The van der Waals surface area contributed by atoms with Crippen molar-refractivity contribution in [1.29, 1.82) is 0 Å². The summed E-state index contributed by atoms with van der Waals surface area (Å²) in [7, 11) is 0. The van der Waals surface area contributed by atoms with Gasteiger partial charge >= 0.3 is 0 Å². The lowest BCUT2D eigenvalue weighted by molar-refractivity contribution is 0.747. The first-order chi connectivity index (χ1) is 7.74. The van der Waals surface area contributed by atoms with E-state index in [2.05, 4.69) is 24.0 Å². The van der Waals surface area contributed by atoms with Gasteiger partial charge in [-0.1, -0.05) is 11.6 Å². The average molecular weight is 237 g/mol. The van der Waals surface area contributed by atoms with Gasteiger partial charge in [0.05, 0.1) is 0 Å². The summed E-state index contributed by atoms with van der Waals surface area (Å²) in [6, 6.07) is 4.16. The number of aromatic amines is 1. The monoisotopic (exact) mass is 236 g/mol. The summed E-state index contributed by atoms with van der Waals surface area (Å²) in [6.45, 7) is 2.82. The van der Waals surface area contributed by atoms with Gasteiger partial charge in [-0.2, -0.15) is 0 Å². The van der Waals surface area contributed by atoms with Gasteiger partial charge in [-0.05, 0) is 56.0 Å². The molecule has 0 radical (unpaired) electrons. The Morgan fingerprint density at radius 1 is 1.38 bits per heavy atom. The molecule has 2 rings (SSSR count). The second-order valence-corrected chi connectivity index (χ2v) is 4.56. The summed E-state index contributed by atoms with van der Waals surface area (Å²) >= 11 is 6.22. The van der Waals surface area contributed by atoms with Crippen LogP contribution in [0.25, 0.3) is 10.9 Å². The Morgan fingerprint density at radius 3 is 2.94 bits per heavy atom. The molecule has 0 atom stereocenters. The Kier molecular flexibility index (Phi) is 3.52. The molecule has 16 heavy (non-hydrogen) atoms. The van der Waals surface area contributed by atoms with Crippen LogP contribution in [0, 0.1) is 6.92 Å². The highest BCUT2D eigenvalue weighted by Gasteiger charge is 2.08. The number of rotatable bonds is 4. The highest BCUT2D eigenvalue weighted by atomic mass is 35.5. The van der Waals surface area contributed by atoms with E-state index in [1.165, 1.54) is 16.5 Å². The molecule has 86 valence electrons. The second-order valence-electron chi connectivity index (χ2n) is 4.15. The van der Waals surface area contributed by atoms with Gasteiger partial charge in [0.2, 0.25) is 0 Å². The lowest BCUT2D eigenvalue weighted by Crippen LogP contribution is -1.99. The van der Waals surface area contributed by atoms with Crippen molar-refractivity contribution in [3.05, 3.63) is 34.5 Å². The van der Waals surface area contributed by atoms with Gasteiger partial charge in [-0.3, -0.25) is 0 Å². The van der Waals surface area contributed by atoms with E-state index in [0.29, 0.717) is 0 Å². The number of aromatic nitrogens is 1. The van der Waals surface area contributed by atoms with Crippen molar-refractivity contribution in [2.75, 3.05) is 6.54 Å². The number of hydrogen-bond acceptors (Lipinski definition) is 1. The number of fused-ring (bicyclic) bond motifs is 1. The normalized spacial score (nSPS) is 11.2. The highest BCUT2D eigenvalue weighted by Crippen LogP contribution is 2.28. The second kappa shape index (κ2) is 4.89. The van der Waals surface area contributed by atoms with Crippen LogP contribution in [0.15, 0.2) is 18.3 Å². The summed E-state index contributed by atoms with van der Waals surface area (Å²) in [6.07, 6.45) is 5.19. The van der Waals surface area contributed by atoms with Crippen LogP contribution in [-0.2, 0) is 6.42 Å². The first-order valence-electron chi connectivity index (χ1n) is 5.69. The summed E-state index contributed by atoms with van der Waals surface area (Å²) in [5.41, 5.74) is 9.18. The first kappa shape index (κ1) is 11.5. The van der Waals surface area contributed by atoms with Crippen molar-refractivity contribution in [1.82, 2.24) is 4.98 Å².